The fourth-order valence-corrected chi connectivity index (χ4v) is 3.94. The van der Waals surface area contributed by atoms with Crippen LogP contribution in [0.4, 0.5) is 0 Å². The number of nitrogens with zero attached hydrogens (tertiary/aromatic N) is 3. The van der Waals surface area contributed by atoms with Crippen molar-refractivity contribution in [2.24, 2.45) is 10.9 Å². The smallest absolute Gasteiger partial charge is 0.191 e. The first kappa shape index (κ1) is 23.0. The second-order valence-electron chi connectivity index (χ2n) is 7.38. The normalized spacial score (nSPS) is 24.0. The summed E-state index contributed by atoms with van der Waals surface area (Å²) in [4.78, 5) is 10.1. The molecule has 148 valence electrons. The van der Waals surface area contributed by atoms with Crippen LogP contribution in [-0.4, -0.2) is 74.2 Å². The van der Waals surface area contributed by atoms with Crippen molar-refractivity contribution in [3.05, 3.63) is 0 Å². The van der Waals surface area contributed by atoms with Crippen molar-refractivity contribution in [2.75, 3.05) is 52.4 Å². The molecular weight excluding hydrogens is 425 g/mol. The highest BCUT2D eigenvalue weighted by Gasteiger charge is 2.21. The zero-order chi connectivity index (χ0) is 17.2. The molecule has 0 spiro atoms. The Bertz CT molecular complexity index is 369. The van der Waals surface area contributed by atoms with Crippen molar-refractivity contribution < 1.29 is 0 Å². The third-order valence-corrected chi connectivity index (χ3v) is 5.37. The Morgan fingerprint density at radius 3 is 2.44 bits per heavy atom. The summed E-state index contributed by atoms with van der Waals surface area (Å²) in [7, 11) is 0. The van der Waals surface area contributed by atoms with Crippen LogP contribution >= 0.6 is 24.0 Å². The molecule has 25 heavy (non-hydrogen) atoms. The fourth-order valence-electron chi connectivity index (χ4n) is 3.94. The van der Waals surface area contributed by atoms with E-state index in [1.807, 2.05) is 0 Å². The Morgan fingerprint density at radius 1 is 1.04 bits per heavy atom. The maximum atomic E-state index is 4.91. The van der Waals surface area contributed by atoms with E-state index in [4.69, 9.17) is 4.99 Å². The summed E-state index contributed by atoms with van der Waals surface area (Å²) in [5.74, 6) is 1.75. The van der Waals surface area contributed by atoms with Gasteiger partial charge >= 0.3 is 0 Å². The Labute approximate surface area is 172 Å². The number of hydrogen-bond acceptors (Lipinski definition) is 3. The lowest BCUT2D eigenvalue weighted by Gasteiger charge is -2.33. The lowest BCUT2D eigenvalue weighted by molar-refractivity contribution is 0.186. The van der Waals surface area contributed by atoms with Gasteiger partial charge in [-0.25, -0.2) is 0 Å². The molecule has 0 aromatic heterocycles. The fraction of sp³-hybridized carbons (Fsp3) is 0.947. The average Bonchev–Trinajstić information content (AvgIpc) is 2.62. The Balaban J connectivity index is 0.00000312. The van der Waals surface area contributed by atoms with Crippen LogP contribution in [0.3, 0.4) is 0 Å². The summed E-state index contributed by atoms with van der Waals surface area (Å²) in [6, 6.07) is 0.578. The molecule has 2 rings (SSSR count). The number of likely N-dealkylation sites (tertiary alicyclic amines) is 2. The standard InChI is InChI=1S/C19H39N5.HI/c1-4-11-24-13-9-18(10-14-24)22-19(20-5-2)21-15-17-8-7-12-23(6-3)16-17;/h17-18H,4-16H2,1-3H3,(H2,20,21,22);1H. The van der Waals surface area contributed by atoms with Gasteiger partial charge in [0.1, 0.15) is 0 Å². The molecule has 2 aliphatic rings. The van der Waals surface area contributed by atoms with Gasteiger partial charge in [0.2, 0.25) is 0 Å². The van der Waals surface area contributed by atoms with Crippen molar-refractivity contribution in [2.45, 2.75) is 58.9 Å². The number of rotatable bonds is 7. The summed E-state index contributed by atoms with van der Waals surface area (Å²) in [5.41, 5.74) is 0. The van der Waals surface area contributed by atoms with Crippen LogP contribution in [0, 0.1) is 5.92 Å². The lowest BCUT2D eigenvalue weighted by Crippen LogP contribution is -2.49. The molecule has 0 saturated carbocycles. The van der Waals surface area contributed by atoms with Gasteiger partial charge in [-0.05, 0) is 64.6 Å². The van der Waals surface area contributed by atoms with E-state index in [2.05, 4.69) is 41.2 Å². The molecule has 0 aromatic carbocycles. The molecule has 0 amide bonds. The highest BCUT2D eigenvalue weighted by Crippen LogP contribution is 2.16. The number of halogens is 1. The molecule has 6 heteroatoms. The summed E-state index contributed by atoms with van der Waals surface area (Å²) >= 11 is 0. The summed E-state index contributed by atoms with van der Waals surface area (Å²) in [5, 5.41) is 7.13. The molecule has 0 aliphatic carbocycles. The predicted octanol–water partition coefficient (Wildman–Crippen LogP) is 2.77. The first-order chi connectivity index (χ1) is 11.7. The minimum atomic E-state index is 0. The number of piperidine rings is 2. The quantitative estimate of drug-likeness (QED) is 0.345. The van der Waals surface area contributed by atoms with Crippen LogP contribution < -0.4 is 10.6 Å². The van der Waals surface area contributed by atoms with Crippen LogP contribution in [0.5, 0.6) is 0 Å². The van der Waals surface area contributed by atoms with Crippen molar-refractivity contribution in [1.82, 2.24) is 20.4 Å². The van der Waals surface area contributed by atoms with Crippen LogP contribution in [0.2, 0.25) is 0 Å². The highest BCUT2D eigenvalue weighted by molar-refractivity contribution is 14.0. The number of guanidine groups is 1. The summed E-state index contributed by atoms with van der Waals surface area (Å²) in [6.07, 6.45) is 6.38. The molecule has 2 heterocycles. The third kappa shape index (κ3) is 8.43. The van der Waals surface area contributed by atoms with Gasteiger partial charge in [-0.3, -0.25) is 4.99 Å². The van der Waals surface area contributed by atoms with Gasteiger partial charge in [-0.15, -0.1) is 24.0 Å². The molecular formula is C19H40IN5. The van der Waals surface area contributed by atoms with Crippen LogP contribution in [0.15, 0.2) is 4.99 Å². The summed E-state index contributed by atoms with van der Waals surface area (Å²) in [6.45, 7) is 15.9. The van der Waals surface area contributed by atoms with Gasteiger partial charge in [0.25, 0.3) is 0 Å². The minimum absolute atomic E-state index is 0. The number of nitrogens with one attached hydrogen (secondary N) is 2. The first-order valence-corrected chi connectivity index (χ1v) is 10.2. The van der Waals surface area contributed by atoms with E-state index in [9.17, 15) is 0 Å². The monoisotopic (exact) mass is 465 g/mol. The van der Waals surface area contributed by atoms with E-state index in [-0.39, 0.29) is 24.0 Å². The molecule has 0 radical (unpaired) electrons. The van der Waals surface area contributed by atoms with Crippen LogP contribution in [0.25, 0.3) is 0 Å². The molecule has 2 N–H and O–H groups in total. The van der Waals surface area contributed by atoms with E-state index < -0.39 is 0 Å². The third-order valence-electron chi connectivity index (χ3n) is 5.37. The number of aliphatic imine (C=N–C) groups is 1. The van der Waals surface area contributed by atoms with Crippen LogP contribution in [0.1, 0.15) is 52.9 Å². The SMILES string of the molecule is CCCN1CCC(NC(=NCC2CCCN(CC)C2)NCC)CC1.I. The Hall–Kier alpha value is -0.0800. The lowest BCUT2D eigenvalue weighted by atomic mass is 9.98. The Morgan fingerprint density at radius 2 is 1.80 bits per heavy atom. The van der Waals surface area contributed by atoms with Crippen molar-refractivity contribution in [3.63, 3.8) is 0 Å². The van der Waals surface area contributed by atoms with Crippen molar-refractivity contribution >= 4 is 29.9 Å². The van der Waals surface area contributed by atoms with Gasteiger partial charge < -0.3 is 20.4 Å². The maximum Gasteiger partial charge on any atom is 0.191 e. The molecule has 0 bridgehead atoms. The van der Waals surface area contributed by atoms with Gasteiger partial charge in [0, 0.05) is 38.8 Å². The molecule has 2 fully saturated rings. The predicted molar refractivity (Wildman–Crippen MR) is 119 cm³/mol. The molecule has 1 unspecified atom stereocenters. The molecule has 1 atom stereocenters. The highest BCUT2D eigenvalue weighted by atomic mass is 127. The molecule has 0 aromatic rings. The largest absolute Gasteiger partial charge is 0.357 e. The van der Waals surface area contributed by atoms with Gasteiger partial charge in [-0.2, -0.15) is 0 Å². The van der Waals surface area contributed by atoms with Crippen molar-refractivity contribution in [3.8, 4) is 0 Å². The van der Waals surface area contributed by atoms with E-state index in [0.717, 1.165) is 25.0 Å². The first-order valence-electron chi connectivity index (χ1n) is 10.2. The molecule has 2 saturated heterocycles. The van der Waals surface area contributed by atoms with Crippen LogP contribution in [-0.2, 0) is 0 Å². The second kappa shape index (κ2) is 13.1. The zero-order valence-electron chi connectivity index (χ0n) is 16.6. The minimum Gasteiger partial charge on any atom is -0.357 e. The Kier molecular flexibility index (Phi) is 12.1. The summed E-state index contributed by atoms with van der Waals surface area (Å²) < 4.78 is 0. The zero-order valence-corrected chi connectivity index (χ0v) is 18.9. The van der Waals surface area contributed by atoms with Gasteiger partial charge in [-0.1, -0.05) is 13.8 Å². The van der Waals surface area contributed by atoms with Gasteiger partial charge in [0.15, 0.2) is 5.96 Å². The van der Waals surface area contributed by atoms with Gasteiger partial charge in [0.05, 0.1) is 0 Å². The van der Waals surface area contributed by atoms with E-state index >= 15 is 0 Å². The maximum absolute atomic E-state index is 4.91. The molecule has 5 nitrogen and oxygen atoms in total. The topological polar surface area (TPSA) is 42.9 Å². The average molecular weight is 465 g/mol. The van der Waals surface area contributed by atoms with E-state index in [1.165, 1.54) is 71.4 Å². The molecule has 2 aliphatic heterocycles. The van der Waals surface area contributed by atoms with E-state index in [0.29, 0.717) is 6.04 Å². The second-order valence-corrected chi connectivity index (χ2v) is 7.38. The number of hydrogen-bond donors (Lipinski definition) is 2. The van der Waals surface area contributed by atoms with Crippen molar-refractivity contribution in [1.29, 1.82) is 0 Å². The van der Waals surface area contributed by atoms with E-state index in [1.54, 1.807) is 0 Å².